The van der Waals surface area contributed by atoms with E-state index in [0.29, 0.717) is 5.56 Å². The van der Waals surface area contributed by atoms with Crippen molar-refractivity contribution in [3.8, 4) is 23.1 Å². The molecule has 0 unspecified atom stereocenters. The Morgan fingerprint density at radius 2 is 2.00 bits per heavy atom. The summed E-state index contributed by atoms with van der Waals surface area (Å²) in [5.74, 6) is -1.74. The lowest BCUT2D eigenvalue weighted by atomic mass is 9.94. The van der Waals surface area contributed by atoms with E-state index in [1.165, 1.54) is 24.3 Å². The van der Waals surface area contributed by atoms with Crippen LogP contribution in [0.3, 0.4) is 0 Å². The first-order chi connectivity index (χ1) is 14.4. The predicted octanol–water partition coefficient (Wildman–Crippen LogP) is 3.03. The SMILES string of the molecule is CCOC(=O)C1(c2cc(-c3cccc(N)c3)c(C#N)c(OS(=O)(=O)C(F)(F)F)n2)CC1. The van der Waals surface area contributed by atoms with Gasteiger partial charge in [-0.25, -0.2) is 4.98 Å². The van der Waals surface area contributed by atoms with E-state index in [9.17, 15) is 31.6 Å². The standard InChI is InChI=1S/C19H16F3N3O5S/c1-2-29-17(26)18(6-7-18)15-9-13(11-4-3-5-12(24)8-11)14(10-23)16(25-15)30-31(27,28)19(20,21)22/h3-5,8-9H,2,6-7,24H2,1H3. The van der Waals surface area contributed by atoms with Gasteiger partial charge in [0.15, 0.2) is 0 Å². The van der Waals surface area contributed by atoms with Gasteiger partial charge in [0.25, 0.3) is 5.88 Å². The first-order valence-electron chi connectivity index (χ1n) is 8.94. The molecule has 0 aliphatic heterocycles. The van der Waals surface area contributed by atoms with E-state index in [-0.39, 0.29) is 36.4 Å². The van der Waals surface area contributed by atoms with Crippen molar-refractivity contribution in [1.82, 2.24) is 4.98 Å². The van der Waals surface area contributed by atoms with Gasteiger partial charge in [-0.15, -0.1) is 0 Å². The summed E-state index contributed by atoms with van der Waals surface area (Å²) >= 11 is 0. The Balaban J connectivity index is 2.26. The molecule has 1 aromatic carbocycles. The van der Waals surface area contributed by atoms with Crippen molar-refractivity contribution in [3.05, 3.63) is 41.6 Å². The number of hydrogen-bond acceptors (Lipinski definition) is 8. The number of carbonyl (C=O) groups excluding carboxylic acids is 1. The number of ether oxygens (including phenoxy) is 1. The molecule has 1 aromatic heterocycles. The maximum absolute atomic E-state index is 12.9. The summed E-state index contributed by atoms with van der Waals surface area (Å²) in [5.41, 5.74) is -1.26. The van der Waals surface area contributed by atoms with Crippen molar-refractivity contribution in [2.75, 3.05) is 12.3 Å². The predicted molar refractivity (Wildman–Crippen MR) is 102 cm³/mol. The molecule has 0 spiro atoms. The molecule has 12 heteroatoms. The average molecular weight is 455 g/mol. The van der Waals surface area contributed by atoms with Crippen LogP contribution in [0.4, 0.5) is 18.9 Å². The molecular weight excluding hydrogens is 439 g/mol. The van der Waals surface area contributed by atoms with E-state index < -0.39 is 38.5 Å². The number of esters is 1. The molecule has 2 aromatic rings. The molecule has 164 valence electrons. The third-order valence-electron chi connectivity index (χ3n) is 4.67. The molecule has 1 heterocycles. The number of rotatable bonds is 6. The van der Waals surface area contributed by atoms with Crippen LogP contribution in [-0.4, -0.2) is 31.5 Å². The van der Waals surface area contributed by atoms with Crippen molar-refractivity contribution >= 4 is 21.8 Å². The Hall–Kier alpha value is -3.33. The van der Waals surface area contributed by atoms with Crippen LogP contribution in [-0.2, 0) is 25.1 Å². The minimum atomic E-state index is -6.12. The first-order valence-corrected chi connectivity index (χ1v) is 10.4. The fourth-order valence-corrected chi connectivity index (χ4v) is 3.40. The molecule has 0 saturated heterocycles. The summed E-state index contributed by atoms with van der Waals surface area (Å²) < 4.78 is 71.1. The highest BCUT2D eigenvalue weighted by Gasteiger charge is 2.55. The number of carbonyl (C=O) groups is 1. The molecule has 8 nitrogen and oxygen atoms in total. The molecule has 0 bridgehead atoms. The summed E-state index contributed by atoms with van der Waals surface area (Å²) in [6.45, 7) is 1.65. The Kier molecular flexibility index (Phi) is 5.58. The van der Waals surface area contributed by atoms with Gasteiger partial charge in [0.05, 0.1) is 12.3 Å². The van der Waals surface area contributed by atoms with E-state index in [4.69, 9.17) is 10.5 Å². The lowest BCUT2D eigenvalue weighted by molar-refractivity contribution is -0.146. The number of hydrogen-bond donors (Lipinski definition) is 1. The number of alkyl halides is 3. The van der Waals surface area contributed by atoms with Crippen LogP contribution < -0.4 is 9.92 Å². The summed E-state index contributed by atoms with van der Waals surface area (Å²) in [6.07, 6.45) is 0.569. The van der Waals surface area contributed by atoms with Crippen molar-refractivity contribution in [2.45, 2.75) is 30.7 Å². The zero-order chi connectivity index (χ0) is 23.0. The van der Waals surface area contributed by atoms with Gasteiger partial charge in [0, 0.05) is 11.3 Å². The van der Waals surface area contributed by atoms with E-state index in [2.05, 4.69) is 9.17 Å². The Labute approximate surface area is 175 Å². The molecule has 2 N–H and O–H groups in total. The second-order valence-corrected chi connectivity index (χ2v) is 8.30. The van der Waals surface area contributed by atoms with E-state index in [1.54, 1.807) is 19.1 Å². The van der Waals surface area contributed by atoms with Crippen molar-refractivity contribution in [3.63, 3.8) is 0 Å². The molecular formula is C19H16F3N3O5S. The van der Waals surface area contributed by atoms with E-state index in [0.717, 1.165) is 0 Å². The third-order valence-corrected chi connectivity index (χ3v) is 5.62. The fraction of sp³-hybridized carbons (Fsp3) is 0.316. The number of halogens is 3. The van der Waals surface area contributed by atoms with Gasteiger partial charge in [-0.1, -0.05) is 12.1 Å². The number of nitrogens with zero attached hydrogens (tertiary/aromatic N) is 2. The van der Waals surface area contributed by atoms with Gasteiger partial charge in [0.1, 0.15) is 17.0 Å². The minimum absolute atomic E-state index is 0.0164. The largest absolute Gasteiger partial charge is 0.534 e. The zero-order valence-electron chi connectivity index (χ0n) is 16.1. The van der Waals surface area contributed by atoms with Crippen molar-refractivity contribution < 1.29 is 35.3 Å². The van der Waals surface area contributed by atoms with Gasteiger partial charge in [-0.2, -0.15) is 26.9 Å². The highest BCUT2D eigenvalue weighted by atomic mass is 32.2. The molecule has 1 saturated carbocycles. The highest BCUT2D eigenvalue weighted by molar-refractivity contribution is 7.87. The molecule has 3 rings (SSSR count). The van der Waals surface area contributed by atoms with Crippen molar-refractivity contribution in [2.24, 2.45) is 0 Å². The smallest absolute Gasteiger partial charge is 0.465 e. The van der Waals surface area contributed by atoms with Gasteiger partial charge in [0.2, 0.25) is 0 Å². The lowest BCUT2D eigenvalue weighted by Gasteiger charge is -2.18. The quantitative estimate of drug-likeness (QED) is 0.304. The van der Waals surface area contributed by atoms with Gasteiger partial charge in [-0.3, -0.25) is 4.79 Å². The molecule has 0 atom stereocenters. The first kappa shape index (κ1) is 22.4. The van der Waals surface area contributed by atoms with Gasteiger partial charge < -0.3 is 14.7 Å². The number of nitriles is 1. The van der Waals surface area contributed by atoms with Crippen LogP contribution >= 0.6 is 0 Å². The number of nitrogen functional groups attached to an aromatic ring is 1. The molecule has 31 heavy (non-hydrogen) atoms. The monoisotopic (exact) mass is 455 g/mol. The minimum Gasteiger partial charge on any atom is -0.465 e. The summed E-state index contributed by atoms with van der Waals surface area (Å²) in [4.78, 5) is 16.3. The topological polar surface area (TPSA) is 132 Å². The maximum atomic E-state index is 12.9. The van der Waals surface area contributed by atoms with E-state index in [1.807, 2.05) is 0 Å². The normalized spacial score (nSPS) is 15.1. The number of nitrogens with two attached hydrogens (primary N) is 1. The summed E-state index contributed by atoms with van der Waals surface area (Å²) in [5, 5.41) is 9.56. The average Bonchev–Trinajstić information content (AvgIpc) is 3.48. The Bertz CT molecular complexity index is 1190. The molecule has 1 fully saturated rings. The van der Waals surface area contributed by atoms with Crippen LogP contribution in [0.5, 0.6) is 5.88 Å². The van der Waals surface area contributed by atoms with Crippen molar-refractivity contribution in [1.29, 1.82) is 5.26 Å². The number of pyridine rings is 1. The Morgan fingerprint density at radius 1 is 1.32 bits per heavy atom. The second kappa shape index (κ2) is 7.73. The zero-order valence-corrected chi connectivity index (χ0v) is 16.9. The van der Waals surface area contributed by atoms with E-state index >= 15 is 0 Å². The molecule has 0 amide bonds. The summed E-state index contributed by atoms with van der Waals surface area (Å²) in [6, 6.07) is 9.01. The second-order valence-electron chi connectivity index (χ2n) is 6.76. The number of anilines is 1. The molecule has 1 aliphatic rings. The van der Waals surface area contributed by atoms with Crippen LogP contribution in [0, 0.1) is 11.3 Å². The molecule has 1 aliphatic carbocycles. The Morgan fingerprint density at radius 3 is 2.52 bits per heavy atom. The lowest BCUT2D eigenvalue weighted by Crippen LogP contribution is -2.29. The molecule has 0 radical (unpaired) electrons. The van der Waals surface area contributed by atoms with Gasteiger partial charge in [-0.05, 0) is 43.5 Å². The van der Waals surface area contributed by atoms with Crippen LogP contribution in [0.15, 0.2) is 30.3 Å². The third kappa shape index (κ3) is 4.13. The van der Waals surface area contributed by atoms with Crippen LogP contribution in [0.25, 0.3) is 11.1 Å². The maximum Gasteiger partial charge on any atom is 0.534 e. The van der Waals surface area contributed by atoms with Crippen LogP contribution in [0.2, 0.25) is 0 Å². The number of aromatic nitrogens is 1. The van der Waals surface area contributed by atoms with Crippen LogP contribution in [0.1, 0.15) is 31.0 Å². The summed E-state index contributed by atoms with van der Waals surface area (Å²) in [7, 11) is -6.12. The highest BCUT2D eigenvalue weighted by Crippen LogP contribution is 2.50. The number of benzene rings is 1. The fourth-order valence-electron chi connectivity index (χ4n) is 2.98. The van der Waals surface area contributed by atoms with Gasteiger partial charge >= 0.3 is 21.6 Å².